The lowest BCUT2D eigenvalue weighted by Gasteiger charge is -2.10. The van der Waals surface area contributed by atoms with Crippen LogP contribution in [0.2, 0.25) is 0 Å². The van der Waals surface area contributed by atoms with Crippen LogP contribution in [0, 0.1) is 6.92 Å². The molecule has 0 unspecified atom stereocenters. The highest BCUT2D eigenvalue weighted by molar-refractivity contribution is 5.92. The van der Waals surface area contributed by atoms with Crippen molar-refractivity contribution in [3.05, 3.63) is 94.4 Å². The van der Waals surface area contributed by atoms with Gasteiger partial charge in [-0.15, -0.1) is 0 Å². The number of para-hydroxylation sites is 1. The zero-order chi connectivity index (χ0) is 16.9. The second-order valence-electron chi connectivity index (χ2n) is 5.68. The molecule has 2 aromatic carbocycles. The fourth-order valence-electron chi connectivity index (χ4n) is 2.56. The van der Waals surface area contributed by atoms with Gasteiger partial charge in [0.2, 0.25) is 5.91 Å². The number of carbonyl (C=O) groups excluding carboxylic acids is 1. The van der Waals surface area contributed by atoms with Gasteiger partial charge in [0, 0.05) is 18.0 Å². The number of nitrogens with zero attached hydrogens (tertiary/aromatic N) is 1. The Morgan fingerprint density at radius 2 is 1.79 bits per heavy atom. The van der Waals surface area contributed by atoms with Crippen LogP contribution in [0.1, 0.15) is 11.1 Å². The maximum Gasteiger partial charge on any atom is 0.255 e. The van der Waals surface area contributed by atoms with Crippen LogP contribution in [0.25, 0.3) is 5.69 Å². The summed E-state index contributed by atoms with van der Waals surface area (Å²) in [5.74, 6) is -0.112. The molecule has 0 saturated carbocycles. The molecule has 0 spiro atoms. The summed E-state index contributed by atoms with van der Waals surface area (Å²) < 4.78 is 1.52. The lowest BCUT2D eigenvalue weighted by atomic mass is 10.1. The minimum absolute atomic E-state index is 0.112. The number of pyridine rings is 1. The topological polar surface area (TPSA) is 51.1 Å². The Kier molecular flexibility index (Phi) is 4.57. The number of carbonyl (C=O) groups is 1. The van der Waals surface area contributed by atoms with E-state index >= 15 is 0 Å². The van der Waals surface area contributed by atoms with E-state index < -0.39 is 0 Å². The van der Waals surface area contributed by atoms with Crippen LogP contribution in [-0.2, 0) is 11.2 Å². The predicted octanol–water partition coefficient (Wildman–Crippen LogP) is 3.33. The van der Waals surface area contributed by atoms with Crippen molar-refractivity contribution in [1.82, 2.24) is 4.57 Å². The van der Waals surface area contributed by atoms with E-state index in [1.54, 1.807) is 12.3 Å². The van der Waals surface area contributed by atoms with Crippen molar-refractivity contribution in [2.24, 2.45) is 0 Å². The average molecular weight is 318 g/mol. The Balaban J connectivity index is 1.78. The van der Waals surface area contributed by atoms with Crippen LogP contribution in [0.4, 0.5) is 5.69 Å². The van der Waals surface area contributed by atoms with Gasteiger partial charge in [0.05, 0.1) is 12.1 Å². The molecule has 0 aliphatic rings. The summed E-state index contributed by atoms with van der Waals surface area (Å²) in [6, 6.07) is 20.2. The molecule has 0 aliphatic carbocycles. The van der Waals surface area contributed by atoms with Gasteiger partial charge in [0.15, 0.2) is 0 Å². The molecule has 0 bridgehead atoms. The minimum atomic E-state index is -0.141. The number of benzene rings is 2. The quantitative estimate of drug-likeness (QED) is 0.802. The average Bonchev–Trinajstić information content (AvgIpc) is 2.57. The molecule has 1 N–H and O–H groups in total. The molecule has 3 aromatic rings. The number of aromatic nitrogens is 1. The third-order valence-corrected chi connectivity index (χ3v) is 3.68. The van der Waals surface area contributed by atoms with Crippen LogP contribution in [-0.4, -0.2) is 10.5 Å². The fraction of sp³-hybridized carbons (Fsp3) is 0.100. The van der Waals surface area contributed by atoms with Crippen molar-refractivity contribution in [3.63, 3.8) is 0 Å². The number of amides is 1. The highest BCUT2D eigenvalue weighted by atomic mass is 16.1. The second kappa shape index (κ2) is 6.96. The van der Waals surface area contributed by atoms with Gasteiger partial charge in [0.25, 0.3) is 5.56 Å². The maximum absolute atomic E-state index is 12.2. The number of anilines is 1. The molecule has 120 valence electrons. The van der Waals surface area contributed by atoms with Gasteiger partial charge in [-0.05, 0) is 30.7 Å². The van der Waals surface area contributed by atoms with Crippen LogP contribution in [0.5, 0.6) is 0 Å². The molecule has 1 aromatic heterocycles. The maximum atomic E-state index is 12.2. The van der Waals surface area contributed by atoms with Crippen LogP contribution >= 0.6 is 0 Å². The number of nitrogens with one attached hydrogen (secondary N) is 1. The van der Waals surface area contributed by atoms with Crippen molar-refractivity contribution in [2.75, 3.05) is 5.32 Å². The van der Waals surface area contributed by atoms with E-state index in [1.807, 2.05) is 61.5 Å². The molecule has 0 fully saturated rings. The molecule has 24 heavy (non-hydrogen) atoms. The van der Waals surface area contributed by atoms with Crippen molar-refractivity contribution >= 4 is 11.6 Å². The van der Waals surface area contributed by atoms with E-state index in [2.05, 4.69) is 5.32 Å². The zero-order valence-corrected chi connectivity index (χ0v) is 13.4. The highest BCUT2D eigenvalue weighted by Crippen LogP contribution is 2.11. The van der Waals surface area contributed by atoms with Crippen LogP contribution in [0.3, 0.4) is 0 Å². The standard InChI is InChI=1S/C20H18N2O2/c1-15-6-5-7-16(12-15)13-19(23)21-17-10-11-20(24)22(14-17)18-8-3-2-4-9-18/h2-12,14H,13H2,1H3,(H,21,23). The number of aryl methyl sites for hydroxylation is 1. The molecular formula is C20H18N2O2. The first-order valence-corrected chi connectivity index (χ1v) is 7.75. The van der Waals surface area contributed by atoms with Crippen molar-refractivity contribution in [1.29, 1.82) is 0 Å². The third kappa shape index (κ3) is 3.79. The number of rotatable bonds is 4. The van der Waals surface area contributed by atoms with Crippen molar-refractivity contribution < 1.29 is 4.79 Å². The van der Waals surface area contributed by atoms with Crippen LogP contribution in [0.15, 0.2) is 77.7 Å². The first-order chi connectivity index (χ1) is 11.6. The third-order valence-electron chi connectivity index (χ3n) is 3.68. The lowest BCUT2D eigenvalue weighted by Crippen LogP contribution is -2.20. The van der Waals surface area contributed by atoms with Gasteiger partial charge >= 0.3 is 0 Å². The number of hydrogen-bond donors (Lipinski definition) is 1. The molecule has 3 rings (SSSR count). The van der Waals surface area contributed by atoms with E-state index in [-0.39, 0.29) is 11.5 Å². The lowest BCUT2D eigenvalue weighted by molar-refractivity contribution is -0.115. The summed E-state index contributed by atoms with van der Waals surface area (Å²) in [6.45, 7) is 2.00. The van der Waals surface area contributed by atoms with Crippen LogP contribution < -0.4 is 10.9 Å². The minimum Gasteiger partial charge on any atom is -0.324 e. The summed E-state index contributed by atoms with van der Waals surface area (Å²) in [7, 11) is 0. The van der Waals surface area contributed by atoms with E-state index in [0.29, 0.717) is 12.1 Å². The fourth-order valence-corrected chi connectivity index (χ4v) is 2.56. The first kappa shape index (κ1) is 15.7. The molecule has 0 saturated heterocycles. The predicted molar refractivity (Wildman–Crippen MR) is 95.6 cm³/mol. The summed E-state index contributed by atoms with van der Waals surface area (Å²) in [6.07, 6.45) is 1.94. The molecule has 4 heteroatoms. The van der Waals surface area contributed by atoms with E-state index in [9.17, 15) is 9.59 Å². The molecule has 0 radical (unpaired) electrons. The SMILES string of the molecule is Cc1cccc(CC(=O)Nc2ccc(=O)n(-c3ccccc3)c2)c1. The molecule has 1 amide bonds. The summed E-state index contributed by atoms with van der Waals surface area (Å²) in [5.41, 5.74) is 3.30. The Morgan fingerprint density at radius 3 is 2.54 bits per heavy atom. The van der Waals surface area contributed by atoms with Gasteiger partial charge in [-0.3, -0.25) is 14.2 Å². The largest absolute Gasteiger partial charge is 0.324 e. The zero-order valence-electron chi connectivity index (χ0n) is 13.4. The van der Waals surface area contributed by atoms with Crippen molar-refractivity contribution in [2.45, 2.75) is 13.3 Å². The van der Waals surface area contributed by atoms with Gasteiger partial charge in [-0.2, -0.15) is 0 Å². The van der Waals surface area contributed by atoms with E-state index in [1.165, 1.54) is 10.6 Å². The van der Waals surface area contributed by atoms with E-state index in [4.69, 9.17) is 0 Å². The Labute approximate surface area is 140 Å². The Bertz CT molecular complexity index is 914. The normalized spacial score (nSPS) is 10.4. The molecular weight excluding hydrogens is 300 g/mol. The summed E-state index contributed by atoms with van der Waals surface area (Å²) >= 11 is 0. The summed E-state index contributed by atoms with van der Waals surface area (Å²) in [4.78, 5) is 24.3. The summed E-state index contributed by atoms with van der Waals surface area (Å²) in [5, 5.41) is 2.85. The number of hydrogen-bond acceptors (Lipinski definition) is 2. The van der Waals surface area contributed by atoms with Crippen molar-refractivity contribution in [3.8, 4) is 5.69 Å². The molecule has 0 aliphatic heterocycles. The molecule has 4 nitrogen and oxygen atoms in total. The van der Waals surface area contributed by atoms with Gasteiger partial charge in [-0.1, -0.05) is 48.0 Å². The monoisotopic (exact) mass is 318 g/mol. The van der Waals surface area contributed by atoms with Gasteiger partial charge < -0.3 is 5.32 Å². The van der Waals surface area contributed by atoms with E-state index in [0.717, 1.165) is 16.8 Å². The Morgan fingerprint density at radius 1 is 1.00 bits per heavy atom. The smallest absolute Gasteiger partial charge is 0.255 e. The highest BCUT2D eigenvalue weighted by Gasteiger charge is 2.06. The molecule has 0 atom stereocenters. The van der Waals surface area contributed by atoms with Gasteiger partial charge in [-0.25, -0.2) is 0 Å². The second-order valence-corrected chi connectivity index (χ2v) is 5.68. The first-order valence-electron chi connectivity index (χ1n) is 7.75. The van der Waals surface area contributed by atoms with Gasteiger partial charge in [0.1, 0.15) is 0 Å². The Hall–Kier alpha value is -3.14. The molecule has 1 heterocycles.